The number of para-hydroxylation sites is 3. The quantitative estimate of drug-likeness (QED) is 0.239. The Morgan fingerprint density at radius 1 is 1.05 bits per heavy atom. The molecule has 9 heteroatoms. The molecule has 0 aliphatic carbocycles. The molecule has 0 saturated carbocycles. The molecular formula is C33H39N5O4. The van der Waals surface area contributed by atoms with E-state index in [1.165, 1.54) is 0 Å². The zero-order valence-electron chi connectivity index (χ0n) is 24.1. The molecule has 0 radical (unpaired) electrons. The lowest BCUT2D eigenvalue weighted by molar-refractivity contribution is -0.132. The third-order valence-electron chi connectivity index (χ3n) is 7.59. The van der Waals surface area contributed by atoms with Crippen LogP contribution < -0.4 is 15.8 Å². The summed E-state index contributed by atoms with van der Waals surface area (Å²) < 4.78 is 13.4. The van der Waals surface area contributed by atoms with Crippen LogP contribution in [0.25, 0.3) is 11.0 Å². The Labute approximate surface area is 246 Å². The van der Waals surface area contributed by atoms with Crippen molar-refractivity contribution in [2.24, 2.45) is 5.73 Å². The minimum Gasteiger partial charge on any atom is -0.457 e. The van der Waals surface area contributed by atoms with Crippen LogP contribution >= 0.6 is 0 Å². The number of nitrogens with one attached hydrogen (secondary N) is 1. The first kappa shape index (κ1) is 29.3. The number of aryl methyl sites for hydroxylation is 1. The van der Waals surface area contributed by atoms with Crippen LogP contribution in [0.1, 0.15) is 47.8 Å². The number of ether oxygens (including phenoxy) is 2. The summed E-state index contributed by atoms with van der Waals surface area (Å²) in [7, 11) is 1.72. The lowest BCUT2D eigenvalue weighted by Crippen LogP contribution is -2.45. The van der Waals surface area contributed by atoms with Crippen molar-refractivity contribution in [1.82, 2.24) is 19.8 Å². The van der Waals surface area contributed by atoms with E-state index in [9.17, 15) is 9.59 Å². The highest BCUT2D eigenvalue weighted by molar-refractivity contribution is 5.94. The van der Waals surface area contributed by atoms with Crippen LogP contribution in [0.2, 0.25) is 0 Å². The number of imidazole rings is 1. The summed E-state index contributed by atoms with van der Waals surface area (Å²) in [5, 5.41) is 2.87. The van der Waals surface area contributed by atoms with E-state index >= 15 is 0 Å². The average molecular weight is 570 g/mol. The molecule has 1 aliphatic heterocycles. The molecule has 4 aromatic rings. The van der Waals surface area contributed by atoms with E-state index in [1.54, 1.807) is 31.4 Å². The minimum atomic E-state index is -0.496. The maximum absolute atomic E-state index is 13.3. The van der Waals surface area contributed by atoms with Crippen molar-refractivity contribution in [3.05, 3.63) is 90.3 Å². The number of amides is 2. The number of hydrogen-bond acceptors (Lipinski definition) is 6. The standard InChI is InChI=1S/C33H39N5O4/c1-41-19-9-18-38-30-16-6-5-15-29(30)36-32(38)25-11-8-17-37(23-25)31(39)21-26(34)22-35-33(40)24-10-7-14-28(20-24)42-27-12-3-2-4-13-27/h2-7,10,12-16,20,25-26H,8-9,11,17-19,21-23,34H2,1H3,(H,35,40). The lowest BCUT2D eigenvalue weighted by atomic mass is 9.96. The molecule has 1 aliphatic rings. The number of methoxy groups -OCH3 is 1. The first-order valence-corrected chi connectivity index (χ1v) is 14.6. The number of carbonyl (C=O) groups is 2. The smallest absolute Gasteiger partial charge is 0.251 e. The van der Waals surface area contributed by atoms with Gasteiger partial charge in [0.2, 0.25) is 5.91 Å². The molecular weight excluding hydrogens is 530 g/mol. The number of hydrogen-bond donors (Lipinski definition) is 2. The molecule has 2 unspecified atom stereocenters. The second-order valence-electron chi connectivity index (χ2n) is 10.8. The second-order valence-corrected chi connectivity index (χ2v) is 10.8. The number of nitrogens with two attached hydrogens (primary N) is 1. The van der Waals surface area contributed by atoms with Crippen LogP contribution in [0.3, 0.4) is 0 Å². The Morgan fingerprint density at radius 3 is 2.67 bits per heavy atom. The summed E-state index contributed by atoms with van der Waals surface area (Å²) in [5.74, 6) is 2.18. The van der Waals surface area contributed by atoms with Crippen LogP contribution in [0, 0.1) is 0 Å². The van der Waals surface area contributed by atoms with Crippen LogP contribution in [-0.4, -0.2) is 65.7 Å². The van der Waals surface area contributed by atoms with Crippen LogP contribution in [0.15, 0.2) is 78.9 Å². The number of aromatic nitrogens is 2. The highest BCUT2D eigenvalue weighted by Crippen LogP contribution is 2.30. The minimum absolute atomic E-state index is 0.00162. The number of fused-ring (bicyclic) bond motifs is 1. The summed E-state index contributed by atoms with van der Waals surface area (Å²) in [6, 6.07) is 24.1. The fourth-order valence-corrected chi connectivity index (χ4v) is 5.50. The number of benzene rings is 3. The molecule has 42 heavy (non-hydrogen) atoms. The van der Waals surface area contributed by atoms with E-state index in [0.29, 0.717) is 36.8 Å². The van der Waals surface area contributed by atoms with Gasteiger partial charge >= 0.3 is 0 Å². The van der Waals surface area contributed by atoms with Gasteiger partial charge in [0.25, 0.3) is 5.91 Å². The predicted molar refractivity (Wildman–Crippen MR) is 163 cm³/mol. The molecule has 9 nitrogen and oxygen atoms in total. The SMILES string of the molecule is COCCCn1c(C2CCCN(C(=O)CC(N)CNC(=O)c3cccc(Oc4ccccc4)c3)C2)nc2ccccc21. The summed E-state index contributed by atoms with van der Waals surface area (Å²) in [5.41, 5.74) is 8.87. The number of piperidine rings is 1. The Morgan fingerprint density at radius 2 is 1.83 bits per heavy atom. The molecule has 1 saturated heterocycles. The molecule has 3 N–H and O–H groups in total. The highest BCUT2D eigenvalue weighted by Gasteiger charge is 2.29. The van der Waals surface area contributed by atoms with E-state index in [2.05, 4.69) is 16.0 Å². The monoisotopic (exact) mass is 569 g/mol. The van der Waals surface area contributed by atoms with Gasteiger partial charge in [-0.05, 0) is 61.7 Å². The molecule has 2 heterocycles. The van der Waals surface area contributed by atoms with E-state index < -0.39 is 6.04 Å². The molecule has 0 bridgehead atoms. The van der Waals surface area contributed by atoms with Crippen molar-refractivity contribution in [2.45, 2.75) is 44.2 Å². The Balaban J connectivity index is 1.15. The maximum atomic E-state index is 13.3. The molecule has 220 valence electrons. The van der Waals surface area contributed by atoms with E-state index in [1.807, 2.05) is 53.4 Å². The second kappa shape index (κ2) is 14.1. The van der Waals surface area contributed by atoms with Crippen LogP contribution in [0.5, 0.6) is 11.5 Å². The number of likely N-dealkylation sites (tertiary alicyclic amines) is 1. The van der Waals surface area contributed by atoms with Crippen molar-refractivity contribution >= 4 is 22.8 Å². The topological polar surface area (TPSA) is 112 Å². The van der Waals surface area contributed by atoms with Crippen molar-refractivity contribution < 1.29 is 19.1 Å². The third kappa shape index (κ3) is 7.35. The molecule has 2 amide bonds. The fraction of sp³-hybridized carbons (Fsp3) is 0.364. The average Bonchev–Trinajstić information content (AvgIpc) is 3.39. The van der Waals surface area contributed by atoms with Gasteiger partial charge in [-0.15, -0.1) is 0 Å². The molecule has 1 fully saturated rings. The van der Waals surface area contributed by atoms with Gasteiger partial charge in [-0.2, -0.15) is 0 Å². The molecule has 1 aromatic heterocycles. The largest absolute Gasteiger partial charge is 0.457 e. The predicted octanol–water partition coefficient (Wildman–Crippen LogP) is 4.72. The number of carbonyl (C=O) groups excluding carboxylic acids is 2. The van der Waals surface area contributed by atoms with E-state index in [-0.39, 0.29) is 30.7 Å². The van der Waals surface area contributed by atoms with Crippen molar-refractivity contribution in [3.63, 3.8) is 0 Å². The number of rotatable bonds is 12. The van der Waals surface area contributed by atoms with Crippen molar-refractivity contribution in [2.75, 3.05) is 33.4 Å². The van der Waals surface area contributed by atoms with Gasteiger partial charge in [-0.3, -0.25) is 9.59 Å². The Bertz CT molecular complexity index is 1490. The summed E-state index contributed by atoms with van der Waals surface area (Å²) in [6.07, 6.45) is 2.94. The summed E-state index contributed by atoms with van der Waals surface area (Å²) in [6.45, 7) is 3.01. The van der Waals surface area contributed by atoms with Crippen LogP contribution in [0.4, 0.5) is 0 Å². The zero-order chi connectivity index (χ0) is 29.3. The lowest BCUT2D eigenvalue weighted by Gasteiger charge is -2.33. The van der Waals surface area contributed by atoms with E-state index in [4.69, 9.17) is 20.2 Å². The number of nitrogens with zero attached hydrogens (tertiary/aromatic N) is 3. The van der Waals surface area contributed by atoms with Gasteiger partial charge in [-0.1, -0.05) is 36.4 Å². The summed E-state index contributed by atoms with van der Waals surface area (Å²) >= 11 is 0. The zero-order valence-corrected chi connectivity index (χ0v) is 24.1. The maximum Gasteiger partial charge on any atom is 0.251 e. The van der Waals surface area contributed by atoms with Crippen molar-refractivity contribution in [3.8, 4) is 11.5 Å². The molecule has 3 aromatic carbocycles. The first-order chi connectivity index (χ1) is 20.5. The van der Waals surface area contributed by atoms with Gasteiger partial charge in [-0.25, -0.2) is 4.98 Å². The fourth-order valence-electron chi connectivity index (χ4n) is 5.50. The van der Waals surface area contributed by atoms with Crippen molar-refractivity contribution in [1.29, 1.82) is 0 Å². The van der Waals surface area contributed by atoms with E-state index in [0.717, 1.165) is 42.7 Å². The summed E-state index contributed by atoms with van der Waals surface area (Å²) in [4.78, 5) is 32.9. The van der Waals surface area contributed by atoms with Gasteiger partial charge < -0.3 is 30.0 Å². The van der Waals surface area contributed by atoms with Gasteiger partial charge in [0, 0.05) is 63.8 Å². The molecule has 2 atom stereocenters. The normalized spacial score (nSPS) is 15.9. The van der Waals surface area contributed by atoms with Gasteiger partial charge in [0.1, 0.15) is 17.3 Å². The van der Waals surface area contributed by atoms with Gasteiger partial charge in [0.05, 0.1) is 11.0 Å². The molecule has 0 spiro atoms. The Kier molecular flexibility index (Phi) is 9.84. The highest BCUT2D eigenvalue weighted by atomic mass is 16.5. The van der Waals surface area contributed by atoms with Gasteiger partial charge in [0.15, 0.2) is 0 Å². The Hall–Kier alpha value is -4.21. The third-order valence-corrected chi connectivity index (χ3v) is 7.59. The van der Waals surface area contributed by atoms with Crippen LogP contribution in [-0.2, 0) is 16.1 Å². The molecule has 5 rings (SSSR count). The first-order valence-electron chi connectivity index (χ1n) is 14.6.